The van der Waals surface area contributed by atoms with Crippen molar-refractivity contribution in [2.45, 2.75) is 89.9 Å². The third kappa shape index (κ3) is 34.2. The SMILES string of the molecule is C#CCCOC(=O)CCN(CCCC(=O)NCCCN(C)CCCNC(=O)CCCN(CCC(=O)OCCC#C)CCC(=O)OCCC#C)CCC(=O)OCCC#C. The van der Waals surface area contributed by atoms with Crippen LogP contribution in [0.5, 0.6) is 0 Å². The molecule has 0 unspecified atom stereocenters. The topological polar surface area (TPSA) is 173 Å². The molecule has 0 saturated carbocycles. The summed E-state index contributed by atoms with van der Waals surface area (Å²) in [5.74, 6) is 8.00. The molecule has 15 nitrogen and oxygen atoms in total. The van der Waals surface area contributed by atoms with E-state index in [1.165, 1.54) is 0 Å². The Balaban J connectivity index is 4.39. The van der Waals surface area contributed by atoms with Crippen molar-refractivity contribution in [3.8, 4) is 49.4 Å². The highest BCUT2D eigenvalue weighted by atomic mass is 16.5. The van der Waals surface area contributed by atoms with Gasteiger partial charge in [-0.1, -0.05) is 0 Å². The number of hydrogen-bond donors (Lipinski definition) is 2. The van der Waals surface area contributed by atoms with Gasteiger partial charge < -0.3 is 44.3 Å². The molecule has 0 fully saturated rings. The second kappa shape index (κ2) is 37.5. The van der Waals surface area contributed by atoms with Gasteiger partial charge in [0, 0.05) is 77.8 Å². The van der Waals surface area contributed by atoms with Crippen molar-refractivity contribution in [1.82, 2.24) is 25.3 Å². The fourth-order valence-corrected chi connectivity index (χ4v) is 5.22. The third-order valence-corrected chi connectivity index (χ3v) is 8.40. The molecule has 0 spiro atoms. The van der Waals surface area contributed by atoms with E-state index in [0.717, 1.165) is 25.9 Å². The van der Waals surface area contributed by atoms with E-state index in [9.17, 15) is 28.8 Å². The average molecular weight is 812 g/mol. The van der Waals surface area contributed by atoms with Crippen molar-refractivity contribution in [3.05, 3.63) is 0 Å². The summed E-state index contributed by atoms with van der Waals surface area (Å²) in [5, 5.41) is 5.89. The van der Waals surface area contributed by atoms with Gasteiger partial charge in [0.15, 0.2) is 0 Å². The molecule has 0 aliphatic heterocycles. The van der Waals surface area contributed by atoms with Crippen molar-refractivity contribution in [3.63, 3.8) is 0 Å². The lowest BCUT2D eigenvalue weighted by atomic mass is 10.2. The molecule has 58 heavy (non-hydrogen) atoms. The molecule has 2 N–H and O–H groups in total. The molecule has 0 rings (SSSR count). The summed E-state index contributed by atoms with van der Waals surface area (Å²) in [6.07, 6.45) is 25.9. The minimum atomic E-state index is -0.377. The zero-order valence-electron chi connectivity index (χ0n) is 34.5. The van der Waals surface area contributed by atoms with Crippen LogP contribution in [0.2, 0.25) is 0 Å². The van der Waals surface area contributed by atoms with Gasteiger partial charge in [0.05, 0.1) is 25.7 Å². The Kier molecular flexibility index (Phi) is 34.2. The molecule has 0 aromatic rings. The molecule has 0 bridgehead atoms. The number of amides is 2. The van der Waals surface area contributed by atoms with Crippen molar-refractivity contribution in [1.29, 1.82) is 0 Å². The fourth-order valence-electron chi connectivity index (χ4n) is 5.22. The number of carbonyl (C=O) groups is 6. The van der Waals surface area contributed by atoms with Gasteiger partial charge in [0.2, 0.25) is 11.8 Å². The number of hydrogen-bond acceptors (Lipinski definition) is 13. The molecule has 0 heterocycles. The van der Waals surface area contributed by atoms with Crippen LogP contribution < -0.4 is 10.6 Å². The highest BCUT2D eigenvalue weighted by Crippen LogP contribution is 2.04. The van der Waals surface area contributed by atoms with Crippen molar-refractivity contribution in [2.24, 2.45) is 0 Å². The fraction of sp³-hybridized carbons (Fsp3) is 0.674. The lowest BCUT2D eigenvalue weighted by Gasteiger charge is -2.21. The van der Waals surface area contributed by atoms with E-state index in [1.54, 1.807) is 0 Å². The molecular weight excluding hydrogens is 746 g/mol. The lowest BCUT2D eigenvalue weighted by Crippen LogP contribution is -2.33. The molecule has 15 heteroatoms. The van der Waals surface area contributed by atoms with E-state index < -0.39 is 0 Å². The minimum absolute atomic E-state index is 0.0759. The summed E-state index contributed by atoms with van der Waals surface area (Å²) in [4.78, 5) is 79.1. The van der Waals surface area contributed by atoms with Gasteiger partial charge in [0.25, 0.3) is 0 Å². The Bertz CT molecular complexity index is 1200. The molecular formula is C43H65N5O10. The normalized spacial score (nSPS) is 10.5. The standard InChI is InChI=1S/C43H65N5O10/c1-6-10-34-55-40(51)20-30-47(31-21-41(52)56-35-11-7-2)28-14-18-38(49)44-24-16-26-46(5)27-17-25-45-39(50)19-15-29-48(32-22-42(53)57-36-12-8-3)33-23-43(54)58-37-13-9-4/h1-4H,10-37H2,5H3,(H,44,49)(H,45,50). The van der Waals surface area contributed by atoms with E-state index in [0.29, 0.717) is 104 Å². The molecule has 0 aromatic heterocycles. The number of ether oxygens (including phenoxy) is 4. The van der Waals surface area contributed by atoms with Crippen LogP contribution in [-0.2, 0) is 47.7 Å². The molecule has 0 aliphatic carbocycles. The first-order chi connectivity index (χ1) is 28.0. The summed E-state index contributed by atoms with van der Waals surface area (Å²) >= 11 is 0. The van der Waals surface area contributed by atoms with Crippen LogP contribution in [0.1, 0.15) is 89.9 Å². The van der Waals surface area contributed by atoms with Crippen LogP contribution in [0.3, 0.4) is 0 Å². The molecule has 0 atom stereocenters. The lowest BCUT2D eigenvalue weighted by molar-refractivity contribution is -0.145. The third-order valence-electron chi connectivity index (χ3n) is 8.40. The Labute approximate surface area is 346 Å². The van der Waals surface area contributed by atoms with Crippen LogP contribution in [0.15, 0.2) is 0 Å². The quantitative estimate of drug-likeness (QED) is 0.0408. The van der Waals surface area contributed by atoms with Gasteiger partial charge in [0.1, 0.15) is 26.4 Å². The van der Waals surface area contributed by atoms with E-state index in [4.69, 9.17) is 44.6 Å². The summed E-state index contributed by atoms with van der Waals surface area (Å²) in [6, 6.07) is 0. The van der Waals surface area contributed by atoms with Crippen LogP contribution in [-0.4, -0.2) is 149 Å². The maximum Gasteiger partial charge on any atom is 0.307 e. The van der Waals surface area contributed by atoms with Gasteiger partial charge in [-0.05, 0) is 58.9 Å². The first kappa shape index (κ1) is 52.9. The average Bonchev–Trinajstić information content (AvgIpc) is 3.20. The predicted molar refractivity (Wildman–Crippen MR) is 220 cm³/mol. The van der Waals surface area contributed by atoms with Gasteiger partial charge in [-0.15, -0.1) is 49.4 Å². The van der Waals surface area contributed by atoms with E-state index in [2.05, 4.69) is 39.2 Å². The maximum atomic E-state index is 12.5. The highest BCUT2D eigenvalue weighted by Gasteiger charge is 2.15. The summed E-state index contributed by atoms with van der Waals surface area (Å²) in [5.41, 5.74) is 0. The Morgan fingerprint density at radius 1 is 0.431 bits per heavy atom. The Morgan fingerprint density at radius 2 is 0.724 bits per heavy atom. The van der Waals surface area contributed by atoms with Crippen LogP contribution in [0, 0.1) is 49.4 Å². The van der Waals surface area contributed by atoms with Crippen molar-refractivity contribution >= 4 is 35.7 Å². The molecule has 2 amide bonds. The number of nitrogens with zero attached hydrogens (tertiary/aromatic N) is 3. The van der Waals surface area contributed by atoms with E-state index >= 15 is 0 Å². The van der Waals surface area contributed by atoms with Crippen LogP contribution in [0.4, 0.5) is 0 Å². The second-order valence-electron chi connectivity index (χ2n) is 13.3. The van der Waals surface area contributed by atoms with Crippen molar-refractivity contribution in [2.75, 3.05) is 98.9 Å². The number of carbonyl (C=O) groups excluding carboxylic acids is 6. The Hall–Kier alpha value is -5.06. The minimum Gasteiger partial charge on any atom is -0.465 e. The zero-order chi connectivity index (χ0) is 43.1. The van der Waals surface area contributed by atoms with Crippen molar-refractivity contribution < 1.29 is 47.7 Å². The number of rotatable bonds is 36. The molecule has 0 radical (unpaired) electrons. The smallest absolute Gasteiger partial charge is 0.307 e. The highest BCUT2D eigenvalue weighted by molar-refractivity contribution is 5.76. The van der Waals surface area contributed by atoms with Gasteiger partial charge >= 0.3 is 23.9 Å². The van der Waals surface area contributed by atoms with Crippen LogP contribution in [0.25, 0.3) is 0 Å². The largest absolute Gasteiger partial charge is 0.465 e. The van der Waals surface area contributed by atoms with Gasteiger partial charge in [-0.3, -0.25) is 28.8 Å². The first-order valence-electron chi connectivity index (χ1n) is 20.1. The molecule has 0 aliphatic rings. The van der Waals surface area contributed by atoms with Gasteiger partial charge in [-0.2, -0.15) is 0 Å². The van der Waals surface area contributed by atoms with E-state index in [1.807, 2.05) is 16.8 Å². The number of esters is 4. The summed E-state index contributed by atoms with van der Waals surface area (Å²) in [7, 11) is 1.98. The summed E-state index contributed by atoms with van der Waals surface area (Å²) in [6.45, 7) is 5.71. The molecule has 322 valence electrons. The molecule has 0 aromatic carbocycles. The first-order valence-corrected chi connectivity index (χ1v) is 20.1. The van der Waals surface area contributed by atoms with Gasteiger partial charge in [-0.25, -0.2) is 0 Å². The number of terminal acetylenes is 4. The number of nitrogens with one attached hydrogen (secondary N) is 2. The van der Waals surface area contributed by atoms with Crippen LogP contribution >= 0.6 is 0 Å². The van der Waals surface area contributed by atoms with E-state index in [-0.39, 0.29) is 87.8 Å². The molecule has 0 saturated heterocycles. The zero-order valence-corrected chi connectivity index (χ0v) is 34.5. The monoisotopic (exact) mass is 811 g/mol. The second-order valence-corrected chi connectivity index (χ2v) is 13.3. The predicted octanol–water partition coefficient (Wildman–Crippen LogP) is 1.92. The summed E-state index contributed by atoms with van der Waals surface area (Å²) < 4.78 is 20.4. The Morgan fingerprint density at radius 3 is 1.00 bits per heavy atom. The maximum absolute atomic E-state index is 12.5.